The molecular formula is C20H19ClF3N5O3S. The number of fused-ring (bicyclic) bond motifs is 2. The van der Waals surface area contributed by atoms with Gasteiger partial charge >= 0.3 is 11.9 Å². The number of halogens is 4. The number of pyridine rings is 2. The van der Waals surface area contributed by atoms with Crippen LogP contribution in [0.5, 0.6) is 0 Å². The number of imidazole rings is 1. The van der Waals surface area contributed by atoms with Crippen molar-refractivity contribution >= 4 is 43.5 Å². The largest absolute Gasteiger partial charge is 0.406 e. The highest BCUT2D eigenvalue weighted by molar-refractivity contribution is 7.90. The fourth-order valence-electron chi connectivity index (χ4n) is 3.86. The maximum Gasteiger partial charge on any atom is 0.406 e. The summed E-state index contributed by atoms with van der Waals surface area (Å²) >= 11 is 6.00. The predicted molar refractivity (Wildman–Crippen MR) is 118 cm³/mol. The molecule has 33 heavy (non-hydrogen) atoms. The molecule has 0 spiro atoms. The summed E-state index contributed by atoms with van der Waals surface area (Å²) in [5.41, 5.74) is 1.33. The van der Waals surface area contributed by atoms with E-state index in [0.29, 0.717) is 34.3 Å². The fourth-order valence-corrected chi connectivity index (χ4v) is 4.67. The third kappa shape index (κ3) is 5.06. The number of sulfone groups is 1. The zero-order chi connectivity index (χ0) is 24.0. The highest BCUT2D eigenvalue weighted by Crippen LogP contribution is 2.24. The Kier molecular flexibility index (Phi) is 5.99. The molecule has 0 bridgehead atoms. The van der Waals surface area contributed by atoms with Crippen molar-refractivity contribution in [3.63, 3.8) is 0 Å². The summed E-state index contributed by atoms with van der Waals surface area (Å²) < 4.78 is 66.1. The van der Waals surface area contributed by atoms with E-state index in [4.69, 9.17) is 11.6 Å². The Morgan fingerprint density at radius 1 is 1.06 bits per heavy atom. The molecular weight excluding hydrogens is 483 g/mol. The van der Waals surface area contributed by atoms with Crippen molar-refractivity contribution in [1.82, 2.24) is 23.7 Å². The highest BCUT2D eigenvalue weighted by Gasteiger charge is 2.31. The third-order valence-electron chi connectivity index (χ3n) is 5.18. The Morgan fingerprint density at radius 3 is 2.52 bits per heavy atom. The first kappa shape index (κ1) is 23.3. The average Bonchev–Trinajstić information content (AvgIpc) is 3.16. The van der Waals surface area contributed by atoms with Crippen molar-refractivity contribution in [2.45, 2.75) is 32.2 Å². The maximum atomic E-state index is 13.1. The lowest BCUT2D eigenvalue weighted by Gasteiger charge is -2.11. The normalized spacial score (nSPS) is 12.8. The van der Waals surface area contributed by atoms with Gasteiger partial charge in [0.05, 0.1) is 40.6 Å². The molecule has 0 atom stereocenters. The molecule has 0 unspecified atom stereocenters. The third-order valence-corrected chi connectivity index (χ3v) is 6.43. The summed E-state index contributed by atoms with van der Waals surface area (Å²) in [5, 5.41) is 0.255. The van der Waals surface area contributed by atoms with Gasteiger partial charge in [-0.2, -0.15) is 13.2 Å². The highest BCUT2D eigenvalue weighted by atomic mass is 35.5. The van der Waals surface area contributed by atoms with Crippen molar-refractivity contribution < 1.29 is 21.6 Å². The van der Waals surface area contributed by atoms with Crippen LogP contribution in [0, 0.1) is 0 Å². The number of hydrogen-bond acceptors (Lipinski definition) is 5. The Labute approximate surface area is 191 Å². The maximum absolute atomic E-state index is 13.1. The van der Waals surface area contributed by atoms with Crippen LogP contribution in [-0.2, 0) is 29.5 Å². The molecule has 4 aromatic heterocycles. The zero-order valence-electron chi connectivity index (χ0n) is 17.4. The Balaban J connectivity index is 1.81. The van der Waals surface area contributed by atoms with Gasteiger partial charge in [-0.25, -0.2) is 18.2 Å². The topological polar surface area (TPSA) is 91.8 Å². The molecule has 0 aliphatic rings. The summed E-state index contributed by atoms with van der Waals surface area (Å²) in [5.74, 6) is -0.0398. The second kappa shape index (κ2) is 8.49. The van der Waals surface area contributed by atoms with Gasteiger partial charge in [0.15, 0.2) is 0 Å². The number of alkyl halides is 3. The minimum Gasteiger partial charge on any atom is -0.342 e. The summed E-state index contributed by atoms with van der Waals surface area (Å²) in [4.78, 5) is 21.2. The molecule has 176 valence electrons. The van der Waals surface area contributed by atoms with E-state index < -0.39 is 28.2 Å². The number of aromatic nitrogens is 5. The Morgan fingerprint density at radius 2 is 1.82 bits per heavy atom. The van der Waals surface area contributed by atoms with Crippen LogP contribution < -0.4 is 5.69 Å². The van der Waals surface area contributed by atoms with Crippen LogP contribution in [0.3, 0.4) is 0 Å². The van der Waals surface area contributed by atoms with Crippen molar-refractivity contribution in [2.24, 2.45) is 0 Å². The molecule has 0 fully saturated rings. The summed E-state index contributed by atoms with van der Waals surface area (Å²) in [7, 11) is -3.18. The lowest BCUT2D eigenvalue weighted by atomic mass is 10.3. The van der Waals surface area contributed by atoms with Gasteiger partial charge in [0, 0.05) is 24.7 Å². The quantitative estimate of drug-likeness (QED) is 0.362. The van der Waals surface area contributed by atoms with E-state index >= 15 is 0 Å². The number of rotatable bonds is 7. The standard InChI is InChI=1S/C20H19ClF3N5O3S/c1-33(31,32)8-2-7-27-13(9-14-15(27)3-4-18(21)26-14)11-28-17-10-25-6-5-16(17)29(19(28)30)12-20(22,23)24/h3-6,9-10H,2,7-8,11-12H2,1H3. The van der Waals surface area contributed by atoms with E-state index in [-0.39, 0.29) is 28.5 Å². The first-order valence-electron chi connectivity index (χ1n) is 9.85. The zero-order valence-corrected chi connectivity index (χ0v) is 19.0. The van der Waals surface area contributed by atoms with Crippen LogP contribution in [0.1, 0.15) is 12.1 Å². The summed E-state index contributed by atoms with van der Waals surface area (Å²) in [6.07, 6.45) is -0.453. The van der Waals surface area contributed by atoms with Crippen LogP contribution in [0.15, 0.2) is 41.5 Å². The summed E-state index contributed by atoms with van der Waals surface area (Å²) in [6, 6.07) is 6.37. The van der Waals surface area contributed by atoms with Crippen LogP contribution in [0.4, 0.5) is 13.2 Å². The van der Waals surface area contributed by atoms with Crippen LogP contribution >= 0.6 is 11.6 Å². The lowest BCUT2D eigenvalue weighted by Crippen LogP contribution is -2.30. The number of nitrogens with zero attached hydrogens (tertiary/aromatic N) is 5. The molecule has 0 radical (unpaired) electrons. The van der Waals surface area contributed by atoms with E-state index in [2.05, 4.69) is 9.97 Å². The smallest absolute Gasteiger partial charge is 0.342 e. The van der Waals surface area contributed by atoms with Gasteiger partial charge in [0.1, 0.15) is 21.5 Å². The van der Waals surface area contributed by atoms with Gasteiger partial charge in [-0.1, -0.05) is 11.6 Å². The van der Waals surface area contributed by atoms with E-state index in [1.165, 1.54) is 23.0 Å². The molecule has 13 heteroatoms. The minimum absolute atomic E-state index is 0.0398. The van der Waals surface area contributed by atoms with Crippen LogP contribution in [0.2, 0.25) is 5.15 Å². The molecule has 0 aliphatic heterocycles. The lowest BCUT2D eigenvalue weighted by molar-refractivity contribution is -0.140. The number of aryl methyl sites for hydroxylation is 1. The van der Waals surface area contributed by atoms with Gasteiger partial charge in [0.2, 0.25) is 0 Å². The van der Waals surface area contributed by atoms with Crippen molar-refractivity contribution in [1.29, 1.82) is 0 Å². The van der Waals surface area contributed by atoms with Gasteiger partial charge in [0.25, 0.3) is 0 Å². The molecule has 0 saturated carbocycles. The first-order valence-corrected chi connectivity index (χ1v) is 12.3. The molecule has 8 nitrogen and oxygen atoms in total. The van der Waals surface area contributed by atoms with E-state index in [0.717, 1.165) is 6.26 Å². The molecule has 4 aromatic rings. The van der Waals surface area contributed by atoms with Gasteiger partial charge in [-0.3, -0.25) is 14.1 Å². The molecule has 0 aromatic carbocycles. The molecule has 0 amide bonds. The predicted octanol–water partition coefficient (Wildman–Crippen LogP) is 3.25. The van der Waals surface area contributed by atoms with E-state index in [1.54, 1.807) is 22.8 Å². The Hall–Kier alpha value is -2.86. The van der Waals surface area contributed by atoms with Gasteiger partial charge in [-0.15, -0.1) is 0 Å². The van der Waals surface area contributed by atoms with Gasteiger partial charge in [-0.05, 0) is 30.7 Å². The molecule has 0 saturated heterocycles. The summed E-state index contributed by atoms with van der Waals surface area (Å²) in [6.45, 7) is -1.17. The van der Waals surface area contributed by atoms with Crippen molar-refractivity contribution in [3.8, 4) is 0 Å². The minimum atomic E-state index is -4.58. The van der Waals surface area contributed by atoms with Crippen molar-refractivity contribution in [2.75, 3.05) is 12.0 Å². The molecule has 0 aliphatic carbocycles. The van der Waals surface area contributed by atoms with Crippen LogP contribution in [-0.4, -0.2) is 50.3 Å². The first-order chi connectivity index (χ1) is 15.4. The van der Waals surface area contributed by atoms with E-state index in [1.807, 2.05) is 0 Å². The van der Waals surface area contributed by atoms with Crippen LogP contribution in [0.25, 0.3) is 22.1 Å². The molecule has 4 rings (SSSR count). The van der Waals surface area contributed by atoms with E-state index in [9.17, 15) is 26.4 Å². The average molecular weight is 502 g/mol. The van der Waals surface area contributed by atoms with Gasteiger partial charge < -0.3 is 4.57 Å². The second-order valence-electron chi connectivity index (χ2n) is 7.74. The van der Waals surface area contributed by atoms with Crippen molar-refractivity contribution in [3.05, 3.63) is 58.0 Å². The SMILES string of the molecule is CS(=O)(=O)CCCn1c(Cn2c(=O)n(CC(F)(F)F)c3ccncc32)cc2nc(Cl)ccc21. The monoisotopic (exact) mass is 501 g/mol. The number of hydrogen-bond donors (Lipinski definition) is 0. The molecule has 4 heterocycles. The fraction of sp³-hybridized carbons (Fsp3) is 0.350. The second-order valence-corrected chi connectivity index (χ2v) is 10.4. The Bertz CT molecular complexity index is 1510. The molecule has 0 N–H and O–H groups in total.